The van der Waals surface area contributed by atoms with E-state index in [9.17, 15) is 9.59 Å². The van der Waals surface area contributed by atoms with Gasteiger partial charge in [-0.2, -0.15) is 0 Å². The van der Waals surface area contributed by atoms with Gasteiger partial charge in [0.25, 0.3) is 5.91 Å². The van der Waals surface area contributed by atoms with E-state index in [4.69, 9.17) is 9.47 Å². The van der Waals surface area contributed by atoms with Gasteiger partial charge in [-0.3, -0.25) is 9.69 Å². The van der Waals surface area contributed by atoms with Crippen LogP contribution in [0.25, 0.3) is 0 Å². The molecule has 0 bridgehead atoms. The van der Waals surface area contributed by atoms with Crippen LogP contribution in [0.1, 0.15) is 31.8 Å². The van der Waals surface area contributed by atoms with Crippen LogP contribution in [-0.4, -0.2) is 67.7 Å². The summed E-state index contributed by atoms with van der Waals surface area (Å²) >= 11 is 1.18. The van der Waals surface area contributed by atoms with Crippen LogP contribution in [-0.2, 0) is 16.0 Å². The van der Waals surface area contributed by atoms with Crippen molar-refractivity contribution in [3.8, 4) is 0 Å². The van der Waals surface area contributed by atoms with Gasteiger partial charge in [-0.1, -0.05) is 30.3 Å². The summed E-state index contributed by atoms with van der Waals surface area (Å²) in [5, 5.41) is 0. The van der Waals surface area contributed by atoms with Crippen LogP contribution in [0.5, 0.6) is 0 Å². The smallest absolute Gasteiger partial charge is 0.348 e. The number of esters is 1. The number of nitrogens with zero attached hydrogens (tertiary/aromatic N) is 2. The lowest BCUT2D eigenvalue weighted by Crippen LogP contribution is -2.47. The molecule has 6 nitrogen and oxygen atoms in total. The fourth-order valence-electron chi connectivity index (χ4n) is 3.27. The summed E-state index contributed by atoms with van der Waals surface area (Å²) in [6, 6.07) is 13.3. The molecule has 1 aromatic heterocycles. The highest BCUT2D eigenvalue weighted by atomic mass is 32.1. The van der Waals surface area contributed by atoms with E-state index in [1.54, 1.807) is 12.1 Å². The van der Waals surface area contributed by atoms with Crippen LogP contribution in [0, 0.1) is 0 Å². The maximum atomic E-state index is 13.3. The lowest BCUT2D eigenvalue weighted by atomic mass is 10.1. The molecular weight excluding hydrogens is 376 g/mol. The topological polar surface area (TPSA) is 59.1 Å². The molecule has 1 unspecified atom stereocenters. The Kier molecular flexibility index (Phi) is 7.19. The Bertz CT molecular complexity index is 787. The number of carbonyl (C=O) groups is 2. The molecule has 1 atom stereocenters. The second-order valence-corrected chi connectivity index (χ2v) is 7.92. The molecule has 1 saturated heterocycles. The second-order valence-electron chi connectivity index (χ2n) is 6.84. The van der Waals surface area contributed by atoms with E-state index < -0.39 is 5.97 Å². The number of ether oxygens (including phenoxy) is 2. The van der Waals surface area contributed by atoms with Crippen molar-refractivity contribution in [2.24, 2.45) is 0 Å². The molecule has 0 spiro atoms. The average molecular weight is 403 g/mol. The molecule has 1 aliphatic rings. The predicted molar refractivity (Wildman–Crippen MR) is 109 cm³/mol. The number of amides is 1. The average Bonchev–Trinajstić information content (AvgIpc) is 3.22. The summed E-state index contributed by atoms with van der Waals surface area (Å²) in [7, 11) is 1.34. The van der Waals surface area contributed by atoms with Gasteiger partial charge < -0.3 is 14.4 Å². The van der Waals surface area contributed by atoms with Crippen LogP contribution in [0.3, 0.4) is 0 Å². The standard InChI is InChI=1S/C21H26N2O4S/c1-16(14-22-10-12-27-13-11-22)23(15-17-6-4-3-5-7-17)20(24)18-8-9-19(28-18)21(25)26-2/h3-9,16H,10-15H2,1-2H3. The third kappa shape index (κ3) is 5.19. The van der Waals surface area contributed by atoms with Gasteiger partial charge in [0, 0.05) is 32.2 Å². The molecule has 28 heavy (non-hydrogen) atoms. The quantitative estimate of drug-likeness (QED) is 0.667. The van der Waals surface area contributed by atoms with Gasteiger partial charge in [-0.15, -0.1) is 11.3 Å². The highest BCUT2D eigenvalue weighted by molar-refractivity contribution is 7.15. The van der Waals surface area contributed by atoms with Crippen LogP contribution in [0.15, 0.2) is 42.5 Å². The molecule has 0 radical (unpaired) electrons. The molecule has 1 aromatic carbocycles. The highest BCUT2D eigenvalue weighted by Gasteiger charge is 2.26. The Morgan fingerprint density at radius 1 is 1.14 bits per heavy atom. The van der Waals surface area contributed by atoms with E-state index >= 15 is 0 Å². The first-order chi connectivity index (χ1) is 13.6. The minimum Gasteiger partial charge on any atom is -0.465 e. The maximum Gasteiger partial charge on any atom is 0.348 e. The van der Waals surface area contributed by atoms with Gasteiger partial charge in [-0.25, -0.2) is 4.79 Å². The molecule has 2 aromatic rings. The Morgan fingerprint density at radius 3 is 2.50 bits per heavy atom. The lowest BCUT2D eigenvalue weighted by molar-refractivity contribution is 0.0229. The zero-order valence-electron chi connectivity index (χ0n) is 16.3. The Balaban J connectivity index is 1.78. The van der Waals surface area contributed by atoms with Crippen LogP contribution < -0.4 is 0 Å². The molecule has 7 heteroatoms. The fourth-order valence-corrected chi connectivity index (χ4v) is 4.15. The van der Waals surface area contributed by atoms with Crippen molar-refractivity contribution in [1.29, 1.82) is 0 Å². The van der Waals surface area contributed by atoms with E-state index in [0.29, 0.717) is 16.3 Å². The Labute approximate surface area is 169 Å². The molecule has 0 saturated carbocycles. The third-order valence-electron chi connectivity index (χ3n) is 4.82. The fraction of sp³-hybridized carbons (Fsp3) is 0.429. The third-order valence-corrected chi connectivity index (χ3v) is 5.87. The first-order valence-corrected chi connectivity index (χ1v) is 10.2. The zero-order valence-corrected chi connectivity index (χ0v) is 17.1. The zero-order chi connectivity index (χ0) is 19.9. The molecule has 0 aliphatic carbocycles. The minimum absolute atomic E-state index is 0.0227. The largest absolute Gasteiger partial charge is 0.465 e. The van der Waals surface area contributed by atoms with E-state index in [0.717, 1.165) is 38.4 Å². The summed E-state index contributed by atoms with van der Waals surface area (Å²) in [6.45, 7) is 6.60. The molecule has 0 N–H and O–H groups in total. The van der Waals surface area contributed by atoms with E-state index in [-0.39, 0.29) is 11.9 Å². The molecule has 2 heterocycles. The lowest BCUT2D eigenvalue weighted by Gasteiger charge is -2.35. The summed E-state index contributed by atoms with van der Waals surface area (Å²) < 4.78 is 10.2. The van der Waals surface area contributed by atoms with E-state index in [2.05, 4.69) is 11.8 Å². The van der Waals surface area contributed by atoms with Crippen LogP contribution in [0.4, 0.5) is 0 Å². The van der Waals surface area contributed by atoms with Crippen molar-refractivity contribution in [3.05, 3.63) is 57.8 Å². The van der Waals surface area contributed by atoms with Gasteiger partial charge in [0.15, 0.2) is 0 Å². The number of methoxy groups -OCH3 is 1. The van der Waals surface area contributed by atoms with Gasteiger partial charge >= 0.3 is 5.97 Å². The van der Waals surface area contributed by atoms with Crippen molar-refractivity contribution < 1.29 is 19.1 Å². The highest BCUT2D eigenvalue weighted by Crippen LogP contribution is 2.22. The van der Waals surface area contributed by atoms with Crippen molar-refractivity contribution in [1.82, 2.24) is 9.80 Å². The van der Waals surface area contributed by atoms with Gasteiger partial charge in [0.1, 0.15) is 4.88 Å². The molecule has 1 aliphatic heterocycles. The number of rotatable bonds is 7. The monoisotopic (exact) mass is 402 g/mol. The SMILES string of the molecule is COC(=O)c1ccc(C(=O)N(Cc2ccccc2)C(C)CN2CCOCC2)s1. The minimum atomic E-state index is -0.417. The number of hydrogen-bond acceptors (Lipinski definition) is 6. The molecule has 150 valence electrons. The van der Waals surface area contributed by atoms with Gasteiger partial charge in [0.05, 0.1) is 25.2 Å². The second kappa shape index (κ2) is 9.82. The van der Waals surface area contributed by atoms with Crippen LogP contribution in [0.2, 0.25) is 0 Å². The first kappa shape index (κ1) is 20.5. The number of morpholine rings is 1. The molecule has 3 rings (SSSR count). The predicted octanol–water partition coefficient (Wildman–Crippen LogP) is 2.90. The first-order valence-electron chi connectivity index (χ1n) is 9.41. The van der Waals surface area contributed by atoms with Crippen molar-refractivity contribution in [2.75, 3.05) is 40.0 Å². The maximum absolute atomic E-state index is 13.3. The molecule has 1 amide bonds. The number of hydrogen-bond donors (Lipinski definition) is 0. The summed E-state index contributed by atoms with van der Waals surface area (Å²) in [5.41, 5.74) is 1.08. The van der Waals surface area contributed by atoms with E-state index in [1.807, 2.05) is 35.2 Å². The summed E-state index contributed by atoms with van der Waals surface area (Å²) in [4.78, 5) is 30.2. The van der Waals surface area contributed by atoms with E-state index in [1.165, 1.54) is 18.4 Å². The van der Waals surface area contributed by atoms with Crippen molar-refractivity contribution >= 4 is 23.2 Å². The normalized spacial score (nSPS) is 15.8. The summed E-state index contributed by atoms with van der Waals surface area (Å²) in [5.74, 6) is -0.482. The van der Waals surface area contributed by atoms with Crippen LogP contribution >= 0.6 is 11.3 Å². The summed E-state index contributed by atoms with van der Waals surface area (Å²) in [6.07, 6.45) is 0. The Hall–Kier alpha value is -2.22. The van der Waals surface area contributed by atoms with Gasteiger partial charge in [-0.05, 0) is 24.6 Å². The van der Waals surface area contributed by atoms with Crippen molar-refractivity contribution in [2.45, 2.75) is 19.5 Å². The molecule has 1 fully saturated rings. The van der Waals surface area contributed by atoms with Crippen molar-refractivity contribution in [3.63, 3.8) is 0 Å². The molecular formula is C21H26N2O4S. The number of carbonyl (C=O) groups excluding carboxylic acids is 2. The van der Waals surface area contributed by atoms with Gasteiger partial charge in [0.2, 0.25) is 0 Å². The number of thiophene rings is 1. The Morgan fingerprint density at radius 2 is 1.82 bits per heavy atom. The number of benzene rings is 1.